The summed E-state index contributed by atoms with van der Waals surface area (Å²) in [5.41, 5.74) is 2.89. The van der Waals surface area contributed by atoms with E-state index in [0.29, 0.717) is 22.8 Å². The number of nitriles is 1. The minimum atomic E-state index is -4.23. The molecule has 1 aliphatic carbocycles. The predicted molar refractivity (Wildman–Crippen MR) is 143 cm³/mol. The quantitative estimate of drug-likeness (QED) is 0.325. The predicted octanol–water partition coefficient (Wildman–Crippen LogP) is 5.96. The summed E-state index contributed by atoms with van der Waals surface area (Å²) in [4.78, 5) is 26.4. The van der Waals surface area contributed by atoms with Gasteiger partial charge in [0.05, 0.1) is 41.1 Å². The molecule has 3 heterocycles. The number of aromatic amines is 1. The van der Waals surface area contributed by atoms with Crippen LogP contribution in [0.5, 0.6) is 0 Å². The maximum absolute atomic E-state index is 13.8. The van der Waals surface area contributed by atoms with Crippen LogP contribution in [0.15, 0.2) is 54.9 Å². The minimum absolute atomic E-state index is 0.00422. The molecule has 1 saturated carbocycles. The molecule has 6 rings (SSSR count). The highest BCUT2D eigenvalue weighted by Crippen LogP contribution is 2.45. The molecule has 1 atom stereocenters. The van der Waals surface area contributed by atoms with Crippen LogP contribution in [0.1, 0.15) is 38.2 Å². The highest BCUT2D eigenvalue weighted by molar-refractivity contribution is 6.10. The van der Waals surface area contributed by atoms with Gasteiger partial charge in [-0.3, -0.25) is 14.8 Å². The molecule has 2 N–H and O–H groups in total. The maximum Gasteiger partial charge on any atom is 0.391 e. The molecule has 1 fully saturated rings. The van der Waals surface area contributed by atoms with Crippen molar-refractivity contribution in [3.05, 3.63) is 60.4 Å². The van der Waals surface area contributed by atoms with Crippen molar-refractivity contribution in [2.24, 2.45) is 5.92 Å². The topological polar surface area (TPSA) is 114 Å². The summed E-state index contributed by atoms with van der Waals surface area (Å²) in [5.74, 6) is -0.880. The number of nitrogens with zero attached hydrogens (tertiary/aromatic N) is 6. The zero-order valence-electron chi connectivity index (χ0n) is 21.5. The average Bonchev–Trinajstić information content (AvgIpc) is 3.42. The first-order chi connectivity index (χ1) is 19.2. The summed E-state index contributed by atoms with van der Waals surface area (Å²) in [7, 11) is 0. The van der Waals surface area contributed by atoms with Gasteiger partial charge in [0.1, 0.15) is 11.7 Å². The van der Waals surface area contributed by atoms with E-state index in [2.05, 4.69) is 26.6 Å². The first-order valence-corrected chi connectivity index (χ1v) is 13.0. The Balaban J connectivity index is 1.40. The van der Waals surface area contributed by atoms with Crippen molar-refractivity contribution < 1.29 is 18.0 Å². The van der Waals surface area contributed by atoms with Crippen LogP contribution in [0.2, 0.25) is 0 Å². The van der Waals surface area contributed by atoms with Gasteiger partial charge in [-0.15, -0.1) is 0 Å². The van der Waals surface area contributed by atoms with Crippen LogP contribution in [-0.4, -0.2) is 44.3 Å². The lowest BCUT2D eigenvalue weighted by molar-refractivity contribution is -0.182. The van der Waals surface area contributed by atoms with Crippen LogP contribution in [0, 0.1) is 17.2 Å². The highest BCUT2D eigenvalue weighted by atomic mass is 19.4. The smallest absolute Gasteiger partial charge is 0.340 e. The van der Waals surface area contributed by atoms with E-state index >= 15 is 0 Å². The normalized spacial score (nSPS) is 21.3. The third kappa shape index (κ3) is 4.57. The first-order valence-electron chi connectivity index (χ1n) is 13.0. The maximum atomic E-state index is 13.8. The van der Waals surface area contributed by atoms with E-state index in [0.717, 1.165) is 16.6 Å². The second-order valence-corrected chi connectivity index (χ2v) is 10.2. The number of alkyl halides is 3. The van der Waals surface area contributed by atoms with Gasteiger partial charge < -0.3 is 10.2 Å². The molecule has 9 nitrogen and oxygen atoms in total. The van der Waals surface area contributed by atoms with Gasteiger partial charge in [-0.05, 0) is 69.0 Å². The van der Waals surface area contributed by atoms with Crippen molar-refractivity contribution in [3.63, 3.8) is 0 Å². The van der Waals surface area contributed by atoms with Gasteiger partial charge in [-0.25, -0.2) is 4.98 Å². The van der Waals surface area contributed by atoms with E-state index in [4.69, 9.17) is 4.98 Å². The second kappa shape index (κ2) is 9.82. The summed E-state index contributed by atoms with van der Waals surface area (Å²) < 4.78 is 40.2. The monoisotopic (exact) mass is 546 g/mol. The van der Waals surface area contributed by atoms with E-state index in [1.165, 1.54) is 11.1 Å². The average molecular weight is 547 g/mol. The molecule has 0 unspecified atom stereocenters. The van der Waals surface area contributed by atoms with Crippen molar-refractivity contribution in [1.82, 2.24) is 20.2 Å². The number of nitrogens with one attached hydrogen (secondary N) is 2. The zero-order valence-corrected chi connectivity index (χ0v) is 21.5. The molecule has 2 aliphatic rings. The molecule has 0 saturated heterocycles. The lowest BCUT2D eigenvalue weighted by Crippen LogP contribution is -2.55. The number of fused-ring (bicyclic) bond motifs is 2. The van der Waals surface area contributed by atoms with Crippen LogP contribution in [-0.2, 0) is 4.79 Å². The molecular weight excluding hydrogens is 521 g/mol. The number of H-pyrrole nitrogens is 1. The number of carbonyl (C=O) groups is 1. The number of rotatable bonds is 4. The number of halogens is 3. The van der Waals surface area contributed by atoms with Crippen LogP contribution in [0.3, 0.4) is 0 Å². The number of carbonyl (C=O) groups excluding carboxylic acids is 1. The molecule has 2 aromatic heterocycles. The Morgan fingerprint density at radius 2 is 1.90 bits per heavy atom. The molecule has 204 valence electrons. The third-order valence-corrected chi connectivity index (χ3v) is 7.71. The molecule has 0 radical (unpaired) electrons. The number of amides is 1. The van der Waals surface area contributed by atoms with Gasteiger partial charge in [0.25, 0.3) is 5.91 Å². The molecule has 1 aliphatic heterocycles. The van der Waals surface area contributed by atoms with Gasteiger partial charge in [0.15, 0.2) is 5.82 Å². The second-order valence-electron chi connectivity index (χ2n) is 10.2. The molecule has 12 heteroatoms. The highest BCUT2D eigenvalue weighted by Gasteiger charge is 2.46. The zero-order chi connectivity index (χ0) is 28.0. The number of benzene rings is 2. The molecule has 4 aromatic rings. The summed E-state index contributed by atoms with van der Waals surface area (Å²) in [6.07, 6.45) is -0.425. The Bertz CT molecular complexity index is 1620. The Morgan fingerprint density at radius 3 is 2.65 bits per heavy atom. The Hall–Kier alpha value is -4.66. The summed E-state index contributed by atoms with van der Waals surface area (Å²) in [5, 5.41) is 20.4. The Morgan fingerprint density at radius 1 is 1.10 bits per heavy atom. The van der Waals surface area contributed by atoms with E-state index < -0.39 is 18.1 Å². The van der Waals surface area contributed by atoms with Gasteiger partial charge in [-0.2, -0.15) is 28.5 Å². The lowest BCUT2D eigenvalue weighted by Gasteiger charge is -2.46. The van der Waals surface area contributed by atoms with E-state index in [1.54, 1.807) is 37.4 Å². The fourth-order valence-corrected chi connectivity index (χ4v) is 5.68. The Labute approximate surface area is 227 Å². The van der Waals surface area contributed by atoms with E-state index in [9.17, 15) is 23.2 Å². The van der Waals surface area contributed by atoms with Crippen LogP contribution in [0.25, 0.3) is 10.9 Å². The van der Waals surface area contributed by atoms with Crippen molar-refractivity contribution in [1.29, 1.82) is 5.26 Å². The first kappa shape index (κ1) is 25.6. The van der Waals surface area contributed by atoms with Crippen LogP contribution < -0.4 is 15.1 Å². The summed E-state index contributed by atoms with van der Waals surface area (Å²) in [6.45, 7) is 1.74. The van der Waals surface area contributed by atoms with Crippen molar-refractivity contribution in [2.45, 2.75) is 50.9 Å². The van der Waals surface area contributed by atoms with Crippen molar-refractivity contribution in [2.75, 3.05) is 15.1 Å². The SMILES string of the molecule is C[C@@H]1C(=O)N(c2cccc(C#N)c2)c2cnc(Nc3ccc4[nH]ncc4c3)nc2N1[C@H]1CC[C@H](C(F)(F)F)CC1. The fraction of sp³-hybridized carbons (Fsp3) is 0.321. The van der Waals surface area contributed by atoms with Gasteiger partial charge in [-0.1, -0.05) is 6.07 Å². The lowest BCUT2D eigenvalue weighted by atomic mass is 9.84. The molecule has 40 heavy (non-hydrogen) atoms. The standard InChI is InChI=1S/C28H25F3N8O/c1-16-26(40)39(22-4-2-3-17(11-22)13-32)24-15-33-27(35-20-7-10-23-18(12-20)14-34-37-23)36-25(24)38(16)21-8-5-19(6-9-21)28(29,30)31/h2-4,7,10-12,14-16,19,21H,5-6,8-9H2,1H3,(H,34,37)(H,33,35,36)/t16-,19-,21-/m1/s1. The number of anilines is 5. The van der Waals surface area contributed by atoms with E-state index in [-0.39, 0.29) is 43.6 Å². The van der Waals surface area contributed by atoms with Crippen LogP contribution >= 0.6 is 0 Å². The van der Waals surface area contributed by atoms with Crippen molar-refractivity contribution in [3.8, 4) is 6.07 Å². The largest absolute Gasteiger partial charge is 0.391 e. The summed E-state index contributed by atoms with van der Waals surface area (Å²) >= 11 is 0. The summed E-state index contributed by atoms with van der Waals surface area (Å²) in [6, 6.07) is 13.4. The van der Waals surface area contributed by atoms with Gasteiger partial charge in [0.2, 0.25) is 5.95 Å². The Kier molecular flexibility index (Phi) is 6.29. The van der Waals surface area contributed by atoms with Gasteiger partial charge >= 0.3 is 6.18 Å². The fourth-order valence-electron chi connectivity index (χ4n) is 5.68. The molecule has 0 spiro atoms. The molecule has 0 bridgehead atoms. The molecule has 1 amide bonds. The van der Waals surface area contributed by atoms with Crippen molar-refractivity contribution >= 4 is 45.6 Å². The van der Waals surface area contributed by atoms with Gasteiger partial charge in [0, 0.05) is 17.1 Å². The number of aromatic nitrogens is 4. The van der Waals surface area contributed by atoms with Crippen LogP contribution in [0.4, 0.5) is 42.0 Å². The molecular formula is C28H25F3N8O. The minimum Gasteiger partial charge on any atom is -0.340 e. The number of hydrogen-bond acceptors (Lipinski definition) is 7. The van der Waals surface area contributed by atoms with E-state index in [1.807, 2.05) is 23.1 Å². The molecule has 2 aromatic carbocycles. The third-order valence-electron chi connectivity index (χ3n) is 7.71. The number of hydrogen-bond donors (Lipinski definition) is 2.